The Morgan fingerprint density at radius 2 is 2.57 bits per heavy atom. The molecule has 2 N–H and O–H groups in total. The van der Waals surface area contributed by atoms with Crippen LogP contribution in [0.4, 0.5) is 5.82 Å². The Bertz CT molecular complexity index is 359. The topological polar surface area (TPSA) is 76.9 Å². The number of aromatic nitrogens is 2. The molecule has 2 heterocycles. The molecule has 14 heavy (non-hydrogen) atoms. The third kappa shape index (κ3) is 1.44. The van der Waals surface area contributed by atoms with Crippen LogP contribution in [0, 0.1) is 11.3 Å². The molecule has 1 fully saturated rings. The largest absolute Gasteiger partial charge is 0.383 e. The lowest BCUT2D eigenvalue weighted by Gasteiger charge is -2.23. The molecule has 1 aliphatic rings. The van der Waals surface area contributed by atoms with E-state index in [-0.39, 0.29) is 6.04 Å². The molecular formula is C9H12N4O. The summed E-state index contributed by atoms with van der Waals surface area (Å²) in [4.78, 5) is 0. The quantitative estimate of drug-likeness (QED) is 0.710. The fourth-order valence-electron chi connectivity index (χ4n) is 1.67. The summed E-state index contributed by atoms with van der Waals surface area (Å²) in [7, 11) is 0. The summed E-state index contributed by atoms with van der Waals surface area (Å²) in [5.74, 6) is 0.447. The number of nitrogens with two attached hydrogens (primary N) is 1. The Labute approximate surface area is 82.1 Å². The number of rotatable bonds is 1. The van der Waals surface area contributed by atoms with E-state index in [4.69, 9.17) is 15.7 Å². The summed E-state index contributed by atoms with van der Waals surface area (Å²) in [6, 6.07) is 2.19. The van der Waals surface area contributed by atoms with Crippen molar-refractivity contribution >= 4 is 5.82 Å². The Morgan fingerprint density at radius 1 is 1.71 bits per heavy atom. The first-order valence-electron chi connectivity index (χ1n) is 4.63. The number of hydrogen-bond acceptors (Lipinski definition) is 4. The van der Waals surface area contributed by atoms with Crippen molar-refractivity contribution in [1.82, 2.24) is 9.78 Å². The maximum absolute atomic E-state index is 8.72. The van der Waals surface area contributed by atoms with Crippen LogP contribution in [0.2, 0.25) is 0 Å². The molecule has 0 amide bonds. The van der Waals surface area contributed by atoms with Crippen molar-refractivity contribution in [1.29, 1.82) is 5.26 Å². The number of hydrogen-bond donors (Lipinski definition) is 1. The fourth-order valence-corrected chi connectivity index (χ4v) is 1.67. The molecule has 1 aliphatic heterocycles. The molecule has 0 radical (unpaired) electrons. The fraction of sp³-hybridized carbons (Fsp3) is 0.556. The van der Waals surface area contributed by atoms with Crippen molar-refractivity contribution in [3.8, 4) is 6.07 Å². The summed E-state index contributed by atoms with van der Waals surface area (Å²) in [5, 5.41) is 12.8. The van der Waals surface area contributed by atoms with Crippen LogP contribution in [0.25, 0.3) is 0 Å². The molecule has 2 rings (SSSR count). The smallest absolute Gasteiger partial charge is 0.140 e. The lowest BCUT2D eigenvalue weighted by atomic mass is 10.1. The summed E-state index contributed by atoms with van der Waals surface area (Å²) >= 11 is 0. The molecule has 5 nitrogen and oxygen atoms in total. The predicted molar refractivity (Wildman–Crippen MR) is 50.4 cm³/mol. The third-order valence-corrected chi connectivity index (χ3v) is 2.44. The van der Waals surface area contributed by atoms with Gasteiger partial charge in [-0.15, -0.1) is 0 Å². The van der Waals surface area contributed by atoms with Gasteiger partial charge < -0.3 is 10.5 Å². The van der Waals surface area contributed by atoms with E-state index in [0.717, 1.165) is 19.4 Å². The van der Waals surface area contributed by atoms with Crippen LogP contribution in [0.5, 0.6) is 0 Å². The molecule has 74 valence electrons. The van der Waals surface area contributed by atoms with Gasteiger partial charge in [-0.1, -0.05) is 0 Å². The number of nitrogens with zero attached hydrogens (tertiary/aromatic N) is 3. The second-order valence-electron chi connectivity index (χ2n) is 3.37. The van der Waals surface area contributed by atoms with Gasteiger partial charge in [0.15, 0.2) is 0 Å². The van der Waals surface area contributed by atoms with Crippen LogP contribution in [0.1, 0.15) is 24.4 Å². The van der Waals surface area contributed by atoms with Gasteiger partial charge in [0.1, 0.15) is 17.5 Å². The van der Waals surface area contributed by atoms with Gasteiger partial charge in [0.05, 0.1) is 18.8 Å². The van der Waals surface area contributed by atoms with E-state index in [0.29, 0.717) is 18.0 Å². The first kappa shape index (κ1) is 9.03. The van der Waals surface area contributed by atoms with Crippen LogP contribution >= 0.6 is 0 Å². The van der Waals surface area contributed by atoms with Crippen molar-refractivity contribution in [3.05, 3.63) is 11.8 Å². The Kier molecular flexibility index (Phi) is 2.37. The maximum atomic E-state index is 8.72. The summed E-state index contributed by atoms with van der Waals surface area (Å²) in [6.45, 7) is 1.44. The van der Waals surface area contributed by atoms with E-state index >= 15 is 0 Å². The second kappa shape index (κ2) is 3.68. The lowest BCUT2D eigenvalue weighted by Crippen LogP contribution is -2.23. The molecule has 0 aromatic carbocycles. The second-order valence-corrected chi connectivity index (χ2v) is 3.37. The first-order valence-corrected chi connectivity index (χ1v) is 4.63. The zero-order valence-corrected chi connectivity index (χ0v) is 7.81. The SMILES string of the molecule is N#Cc1cnn(C2CCCOC2)c1N. The van der Waals surface area contributed by atoms with Crippen molar-refractivity contribution in [2.24, 2.45) is 0 Å². The molecular weight excluding hydrogens is 180 g/mol. The number of nitrogen functional groups attached to an aromatic ring is 1. The van der Waals surface area contributed by atoms with E-state index in [2.05, 4.69) is 5.10 Å². The molecule has 0 bridgehead atoms. The minimum Gasteiger partial charge on any atom is -0.383 e. The van der Waals surface area contributed by atoms with E-state index in [1.807, 2.05) is 6.07 Å². The predicted octanol–water partition coefficient (Wildman–Crippen LogP) is 0.688. The molecule has 1 atom stereocenters. The lowest BCUT2D eigenvalue weighted by molar-refractivity contribution is 0.0557. The summed E-state index contributed by atoms with van der Waals surface area (Å²) < 4.78 is 7.03. The number of nitriles is 1. The molecule has 0 saturated carbocycles. The van der Waals surface area contributed by atoms with E-state index < -0.39 is 0 Å². The molecule has 0 spiro atoms. The Morgan fingerprint density at radius 3 is 3.14 bits per heavy atom. The third-order valence-electron chi connectivity index (χ3n) is 2.44. The van der Waals surface area contributed by atoms with Gasteiger partial charge in [0, 0.05) is 6.61 Å². The highest BCUT2D eigenvalue weighted by molar-refractivity contribution is 5.47. The molecule has 1 aromatic rings. The van der Waals surface area contributed by atoms with Gasteiger partial charge in [0.25, 0.3) is 0 Å². The van der Waals surface area contributed by atoms with Gasteiger partial charge in [-0.25, -0.2) is 4.68 Å². The molecule has 1 unspecified atom stereocenters. The van der Waals surface area contributed by atoms with Gasteiger partial charge >= 0.3 is 0 Å². The molecule has 0 aliphatic carbocycles. The van der Waals surface area contributed by atoms with Crippen LogP contribution in [0.15, 0.2) is 6.20 Å². The highest BCUT2D eigenvalue weighted by atomic mass is 16.5. The average Bonchev–Trinajstić information content (AvgIpc) is 2.61. The van der Waals surface area contributed by atoms with E-state index in [1.54, 1.807) is 4.68 Å². The van der Waals surface area contributed by atoms with E-state index in [1.165, 1.54) is 6.20 Å². The van der Waals surface area contributed by atoms with Crippen molar-refractivity contribution in [2.75, 3.05) is 18.9 Å². The van der Waals surface area contributed by atoms with Crippen LogP contribution in [-0.4, -0.2) is 23.0 Å². The monoisotopic (exact) mass is 192 g/mol. The maximum Gasteiger partial charge on any atom is 0.140 e. The van der Waals surface area contributed by atoms with Crippen molar-refractivity contribution in [2.45, 2.75) is 18.9 Å². The van der Waals surface area contributed by atoms with E-state index in [9.17, 15) is 0 Å². The van der Waals surface area contributed by atoms with Crippen molar-refractivity contribution in [3.63, 3.8) is 0 Å². The Balaban J connectivity index is 2.23. The first-order chi connectivity index (χ1) is 6.83. The highest BCUT2D eigenvalue weighted by Crippen LogP contribution is 2.23. The zero-order chi connectivity index (χ0) is 9.97. The number of anilines is 1. The molecule has 1 saturated heterocycles. The average molecular weight is 192 g/mol. The minimum atomic E-state index is 0.186. The van der Waals surface area contributed by atoms with Gasteiger partial charge in [-0.05, 0) is 12.8 Å². The van der Waals surface area contributed by atoms with Crippen molar-refractivity contribution < 1.29 is 4.74 Å². The van der Waals surface area contributed by atoms with Crippen LogP contribution in [0.3, 0.4) is 0 Å². The molecule has 5 heteroatoms. The normalized spacial score (nSPS) is 21.8. The van der Waals surface area contributed by atoms with Crippen LogP contribution in [-0.2, 0) is 4.74 Å². The van der Waals surface area contributed by atoms with Gasteiger partial charge in [0.2, 0.25) is 0 Å². The highest BCUT2D eigenvalue weighted by Gasteiger charge is 2.19. The van der Waals surface area contributed by atoms with Gasteiger partial charge in [-0.3, -0.25) is 0 Å². The molecule has 1 aromatic heterocycles. The van der Waals surface area contributed by atoms with Crippen LogP contribution < -0.4 is 5.73 Å². The van der Waals surface area contributed by atoms with Gasteiger partial charge in [-0.2, -0.15) is 10.4 Å². The number of ether oxygens (including phenoxy) is 1. The summed E-state index contributed by atoms with van der Waals surface area (Å²) in [6.07, 6.45) is 3.53. The zero-order valence-electron chi connectivity index (χ0n) is 7.81. The standard InChI is InChI=1S/C9H12N4O/c10-4-7-5-12-13(9(7)11)8-2-1-3-14-6-8/h5,8H,1-3,6,11H2. The summed E-state index contributed by atoms with van der Waals surface area (Å²) in [5.41, 5.74) is 6.21. The minimum absolute atomic E-state index is 0.186. The Hall–Kier alpha value is -1.54.